The van der Waals surface area contributed by atoms with Gasteiger partial charge in [0.25, 0.3) is 5.91 Å². The van der Waals surface area contributed by atoms with Crippen LogP contribution in [0.15, 0.2) is 78.9 Å². The van der Waals surface area contributed by atoms with Gasteiger partial charge in [-0.3, -0.25) is 4.79 Å². The molecule has 0 fully saturated rings. The molecule has 0 saturated heterocycles. The summed E-state index contributed by atoms with van der Waals surface area (Å²) >= 11 is 0. The number of amides is 1. The molecule has 0 spiro atoms. The van der Waals surface area contributed by atoms with Crippen molar-refractivity contribution in [3.8, 4) is 16.9 Å². The number of carboxylic acid groups (broad SMARTS) is 1. The molecule has 2 heterocycles. The third-order valence-corrected chi connectivity index (χ3v) is 6.35. The number of anilines is 1. The normalized spacial score (nSPS) is 12.5. The summed E-state index contributed by atoms with van der Waals surface area (Å²) in [4.78, 5) is 27.3. The Morgan fingerprint density at radius 3 is 2.44 bits per heavy atom. The van der Waals surface area contributed by atoms with E-state index < -0.39 is 5.97 Å². The van der Waals surface area contributed by atoms with Gasteiger partial charge in [-0.1, -0.05) is 48.5 Å². The number of fused-ring (bicyclic) bond motifs is 2. The van der Waals surface area contributed by atoms with Gasteiger partial charge in [0.15, 0.2) is 0 Å². The smallest absolute Gasteiger partial charge is 0.352 e. The number of hydrogen-bond donors (Lipinski definition) is 1. The molecule has 34 heavy (non-hydrogen) atoms. The minimum absolute atomic E-state index is 0.202. The van der Waals surface area contributed by atoms with Gasteiger partial charge in [0.05, 0.1) is 25.8 Å². The number of nitrogens with zero attached hydrogens (tertiary/aromatic N) is 2. The maximum atomic E-state index is 13.9. The molecule has 1 aliphatic rings. The third-order valence-electron chi connectivity index (χ3n) is 6.35. The fourth-order valence-electron chi connectivity index (χ4n) is 4.61. The van der Waals surface area contributed by atoms with Crippen LogP contribution in [0.1, 0.15) is 37.7 Å². The minimum atomic E-state index is -0.989. The van der Waals surface area contributed by atoms with Crippen molar-refractivity contribution >= 4 is 17.6 Å². The number of hydrogen-bond acceptors (Lipinski definition) is 3. The number of aromatic carboxylic acids is 1. The van der Waals surface area contributed by atoms with E-state index in [1.165, 1.54) is 0 Å². The Bertz CT molecular complexity index is 1420. The monoisotopic (exact) mass is 452 g/mol. The molecule has 5 rings (SSSR count). The third kappa shape index (κ3) is 3.63. The van der Waals surface area contributed by atoms with E-state index in [2.05, 4.69) is 13.0 Å². The molecule has 0 radical (unpaired) electrons. The Morgan fingerprint density at radius 1 is 0.912 bits per heavy atom. The molecule has 3 aromatic carbocycles. The number of methoxy groups -OCH3 is 1. The molecule has 6 nitrogen and oxygen atoms in total. The van der Waals surface area contributed by atoms with E-state index in [1.54, 1.807) is 34.8 Å². The Balaban J connectivity index is 1.59. The molecule has 170 valence electrons. The average Bonchev–Trinajstić information content (AvgIpc) is 3.17. The standard InChI is InChI=1S/C28H24N2O4/c1-18-7-3-5-9-22(18)19-11-13-23(26(15-19)34-2)27(31)30-17-21-12-14-25(28(32)33)29(21)16-20-8-4-6-10-24(20)30/h3-15H,16-17H2,1-2H3,(H,32,33). The van der Waals surface area contributed by atoms with Crippen LogP contribution in [0.25, 0.3) is 11.1 Å². The lowest BCUT2D eigenvalue weighted by atomic mass is 9.98. The maximum Gasteiger partial charge on any atom is 0.352 e. The second-order valence-corrected chi connectivity index (χ2v) is 8.35. The Hall–Kier alpha value is -4.32. The number of ether oxygens (including phenoxy) is 1. The van der Waals surface area contributed by atoms with E-state index in [1.807, 2.05) is 54.6 Å². The summed E-state index contributed by atoms with van der Waals surface area (Å²) in [6, 6.07) is 24.7. The number of carbonyl (C=O) groups excluding carboxylic acids is 1. The lowest BCUT2D eigenvalue weighted by Crippen LogP contribution is -2.31. The van der Waals surface area contributed by atoms with E-state index in [0.717, 1.165) is 33.6 Å². The van der Waals surface area contributed by atoms with Crippen LogP contribution in [0.2, 0.25) is 0 Å². The second kappa shape index (κ2) is 8.56. The van der Waals surface area contributed by atoms with Crippen molar-refractivity contribution in [1.29, 1.82) is 0 Å². The van der Waals surface area contributed by atoms with Crippen LogP contribution in [-0.4, -0.2) is 28.7 Å². The predicted molar refractivity (Wildman–Crippen MR) is 131 cm³/mol. The summed E-state index contributed by atoms with van der Waals surface area (Å²) in [5, 5.41) is 9.61. The molecule has 6 heteroatoms. The first-order valence-electron chi connectivity index (χ1n) is 11.0. The van der Waals surface area contributed by atoms with Gasteiger partial charge in [-0.15, -0.1) is 0 Å². The van der Waals surface area contributed by atoms with Crippen LogP contribution in [-0.2, 0) is 13.1 Å². The summed E-state index contributed by atoms with van der Waals surface area (Å²) in [6.45, 7) is 2.69. The van der Waals surface area contributed by atoms with Gasteiger partial charge in [0, 0.05) is 11.4 Å². The van der Waals surface area contributed by atoms with Gasteiger partial charge in [0.2, 0.25) is 0 Å². The number of rotatable bonds is 4. The van der Waals surface area contributed by atoms with Crippen LogP contribution in [0.5, 0.6) is 5.75 Å². The van der Waals surface area contributed by atoms with E-state index in [4.69, 9.17) is 4.74 Å². The van der Waals surface area contributed by atoms with E-state index in [-0.39, 0.29) is 18.1 Å². The van der Waals surface area contributed by atoms with Crippen LogP contribution < -0.4 is 9.64 Å². The van der Waals surface area contributed by atoms with E-state index >= 15 is 0 Å². The van der Waals surface area contributed by atoms with Gasteiger partial charge in [-0.2, -0.15) is 0 Å². The van der Waals surface area contributed by atoms with Gasteiger partial charge >= 0.3 is 5.97 Å². The first-order valence-corrected chi connectivity index (χ1v) is 11.0. The highest BCUT2D eigenvalue weighted by atomic mass is 16.5. The van der Waals surface area contributed by atoms with Crippen molar-refractivity contribution in [2.75, 3.05) is 12.0 Å². The van der Waals surface area contributed by atoms with Crippen LogP contribution in [0, 0.1) is 6.92 Å². The number of aryl methyl sites for hydroxylation is 1. The zero-order valence-corrected chi connectivity index (χ0v) is 19.0. The summed E-state index contributed by atoms with van der Waals surface area (Å²) < 4.78 is 7.41. The molecule has 0 saturated carbocycles. The molecule has 0 unspecified atom stereocenters. The highest BCUT2D eigenvalue weighted by Gasteiger charge is 2.28. The zero-order chi connectivity index (χ0) is 23.8. The van der Waals surface area contributed by atoms with Crippen LogP contribution in [0.3, 0.4) is 0 Å². The SMILES string of the molecule is COc1cc(-c2ccccc2C)ccc1C(=O)N1Cc2ccc(C(=O)O)n2Cc2ccccc21. The molecule has 4 aromatic rings. The molecule has 1 N–H and O–H groups in total. The number of benzene rings is 3. The lowest BCUT2D eigenvalue weighted by Gasteiger charge is -2.24. The van der Waals surface area contributed by atoms with Gasteiger partial charge in [-0.05, 0) is 59.5 Å². The first kappa shape index (κ1) is 21.5. The van der Waals surface area contributed by atoms with Gasteiger partial charge < -0.3 is 19.3 Å². The highest BCUT2D eigenvalue weighted by molar-refractivity contribution is 6.08. The molecule has 1 aromatic heterocycles. The maximum absolute atomic E-state index is 13.9. The lowest BCUT2D eigenvalue weighted by molar-refractivity contribution is 0.0685. The molecular weight excluding hydrogens is 428 g/mol. The number of carboxylic acids is 1. The Morgan fingerprint density at radius 2 is 1.68 bits per heavy atom. The topological polar surface area (TPSA) is 71.8 Å². The molecule has 0 bridgehead atoms. The van der Waals surface area contributed by atoms with E-state index in [9.17, 15) is 14.7 Å². The van der Waals surface area contributed by atoms with Crippen molar-refractivity contribution in [1.82, 2.24) is 4.57 Å². The Labute approximate surface area is 197 Å². The van der Waals surface area contributed by atoms with Crippen molar-refractivity contribution in [3.63, 3.8) is 0 Å². The van der Waals surface area contributed by atoms with Crippen LogP contribution >= 0.6 is 0 Å². The van der Waals surface area contributed by atoms with Crippen molar-refractivity contribution in [3.05, 3.63) is 107 Å². The average molecular weight is 453 g/mol. The highest BCUT2D eigenvalue weighted by Crippen LogP contribution is 2.34. The summed E-state index contributed by atoms with van der Waals surface area (Å²) in [7, 11) is 1.56. The molecule has 0 atom stereocenters. The minimum Gasteiger partial charge on any atom is -0.496 e. The quantitative estimate of drug-likeness (QED) is 0.451. The number of para-hydroxylation sites is 1. The van der Waals surface area contributed by atoms with Crippen molar-refractivity contribution in [2.24, 2.45) is 0 Å². The van der Waals surface area contributed by atoms with Gasteiger partial charge in [-0.25, -0.2) is 4.79 Å². The van der Waals surface area contributed by atoms with Crippen molar-refractivity contribution in [2.45, 2.75) is 20.0 Å². The number of carbonyl (C=O) groups is 2. The van der Waals surface area contributed by atoms with Crippen LogP contribution in [0.4, 0.5) is 5.69 Å². The number of aromatic nitrogens is 1. The fraction of sp³-hybridized carbons (Fsp3) is 0.143. The summed E-state index contributed by atoms with van der Waals surface area (Å²) in [6.07, 6.45) is 0. The molecular formula is C28H24N2O4. The molecule has 1 amide bonds. The summed E-state index contributed by atoms with van der Waals surface area (Å²) in [5.74, 6) is -0.696. The first-order chi connectivity index (χ1) is 16.5. The van der Waals surface area contributed by atoms with Gasteiger partial charge in [0.1, 0.15) is 11.4 Å². The fourth-order valence-corrected chi connectivity index (χ4v) is 4.61. The zero-order valence-electron chi connectivity index (χ0n) is 19.0. The molecule has 0 aliphatic carbocycles. The van der Waals surface area contributed by atoms with Crippen molar-refractivity contribution < 1.29 is 19.4 Å². The largest absolute Gasteiger partial charge is 0.496 e. The second-order valence-electron chi connectivity index (χ2n) is 8.35. The molecule has 1 aliphatic heterocycles. The summed E-state index contributed by atoms with van der Waals surface area (Å²) in [5.41, 5.74) is 6.26. The Kier molecular flexibility index (Phi) is 5.42. The predicted octanol–water partition coefficient (Wildman–Crippen LogP) is 5.38. The van der Waals surface area contributed by atoms with E-state index in [0.29, 0.717) is 17.9 Å².